The SMILES string of the molecule is O=C(COC(=O)c1cccc(-n2cnnn2)c1)Nc1ccccc1Oc1ccccc1. The van der Waals surface area contributed by atoms with Crippen LogP contribution in [0.25, 0.3) is 5.69 Å². The first kappa shape index (κ1) is 19.8. The number of nitrogens with zero attached hydrogens (tertiary/aromatic N) is 4. The molecule has 4 aromatic rings. The molecule has 3 aromatic carbocycles. The van der Waals surface area contributed by atoms with Gasteiger partial charge in [0.1, 0.15) is 12.1 Å². The number of carbonyl (C=O) groups excluding carboxylic acids is 2. The molecule has 0 spiro atoms. The highest BCUT2D eigenvalue weighted by Gasteiger charge is 2.13. The maximum Gasteiger partial charge on any atom is 0.338 e. The third-order valence-corrected chi connectivity index (χ3v) is 4.16. The number of para-hydroxylation sites is 3. The average Bonchev–Trinajstić information content (AvgIpc) is 3.35. The van der Waals surface area contributed by atoms with Crippen molar-refractivity contribution in [2.75, 3.05) is 11.9 Å². The van der Waals surface area contributed by atoms with Crippen LogP contribution in [-0.2, 0) is 9.53 Å². The molecule has 9 nitrogen and oxygen atoms in total. The fraction of sp³-hybridized carbons (Fsp3) is 0.0455. The molecule has 1 N–H and O–H groups in total. The summed E-state index contributed by atoms with van der Waals surface area (Å²) in [6.07, 6.45) is 1.41. The first-order chi connectivity index (χ1) is 15.2. The molecule has 154 valence electrons. The number of ether oxygens (including phenoxy) is 2. The van der Waals surface area contributed by atoms with Crippen LogP contribution >= 0.6 is 0 Å². The lowest BCUT2D eigenvalue weighted by Crippen LogP contribution is -2.21. The molecule has 0 fully saturated rings. The lowest BCUT2D eigenvalue weighted by atomic mass is 10.2. The van der Waals surface area contributed by atoms with Gasteiger partial charge in [-0.25, -0.2) is 9.48 Å². The number of anilines is 1. The normalized spacial score (nSPS) is 10.3. The summed E-state index contributed by atoms with van der Waals surface area (Å²) in [5.41, 5.74) is 1.33. The van der Waals surface area contributed by atoms with Crippen LogP contribution in [0.4, 0.5) is 5.69 Å². The van der Waals surface area contributed by atoms with E-state index >= 15 is 0 Å². The van der Waals surface area contributed by atoms with Crippen LogP contribution in [0, 0.1) is 0 Å². The summed E-state index contributed by atoms with van der Waals surface area (Å²) in [5.74, 6) is -0.0198. The second-order valence-corrected chi connectivity index (χ2v) is 6.34. The maximum absolute atomic E-state index is 12.3. The highest BCUT2D eigenvalue weighted by Crippen LogP contribution is 2.29. The number of esters is 1. The lowest BCUT2D eigenvalue weighted by Gasteiger charge is -2.12. The molecule has 1 heterocycles. The number of aromatic nitrogens is 4. The van der Waals surface area contributed by atoms with Crippen LogP contribution in [0.1, 0.15) is 10.4 Å². The van der Waals surface area contributed by atoms with E-state index in [9.17, 15) is 9.59 Å². The van der Waals surface area contributed by atoms with E-state index in [-0.39, 0.29) is 5.56 Å². The van der Waals surface area contributed by atoms with Gasteiger partial charge in [-0.1, -0.05) is 36.4 Å². The number of amides is 1. The predicted molar refractivity (Wildman–Crippen MR) is 111 cm³/mol. The molecule has 0 atom stereocenters. The van der Waals surface area contributed by atoms with Gasteiger partial charge in [0, 0.05) is 0 Å². The fourth-order valence-corrected chi connectivity index (χ4v) is 2.73. The molecule has 31 heavy (non-hydrogen) atoms. The maximum atomic E-state index is 12.3. The number of hydrogen-bond acceptors (Lipinski definition) is 7. The number of hydrogen-bond donors (Lipinski definition) is 1. The van der Waals surface area contributed by atoms with Gasteiger partial charge < -0.3 is 14.8 Å². The quantitative estimate of drug-likeness (QED) is 0.462. The molecule has 0 aliphatic heterocycles. The van der Waals surface area contributed by atoms with Gasteiger partial charge in [-0.2, -0.15) is 0 Å². The molecule has 1 amide bonds. The molecular weight excluding hydrogens is 398 g/mol. The van der Waals surface area contributed by atoms with Crippen molar-refractivity contribution in [3.63, 3.8) is 0 Å². The van der Waals surface area contributed by atoms with E-state index in [1.165, 1.54) is 11.0 Å². The summed E-state index contributed by atoms with van der Waals surface area (Å²) in [6, 6.07) is 22.8. The Morgan fingerprint density at radius 2 is 1.74 bits per heavy atom. The van der Waals surface area contributed by atoms with Gasteiger partial charge >= 0.3 is 5.97 Å². The van der Waals surface area contributed by atoms with Crippen LogP contribution in [0.5, 0.6) is 11.5 Å². The molecule has 0 aliphatic carbocycles. The molecule has 4 rings (SSSR count). The first-order valence-corrected chi connectivity index (χ1v) is 9.31. The molecule has 9 heteroatoms. The topological polar surface area (TPSA) is 108 Å². The second-order valence-electron chi connectivity index (χ2n) is 6.34. The van der Waals surface area contributed by atoms with Crippen molar-refractivity contribution < 1.29 is 19.1 Å². The van der Waals surface area contributed by atoms with Crippen molar-refractivity contribution in [1.29, 1.82) is 0 Å². The number of tetrazole rings is 1. The summed E-state index contributed by atoms with van der Waals surface area (Å²) in [7, 11) is 0. The standard InChI is InChI=1S/C22H17N5O4/c28-21(24-19-11-4-5-12-20(19)31-18-9-2-1-3-10-18)14-30-22(29)16-7-6-8-17(13-16)27-15-23-25-26-27/h1-13,15H,14H2,(H,24,28). The van der Waals surface area contributed by atoms with Crippen LogP contribution < -0.4 is 10.1 Å². The molecule has 0 saturated heterocycles. The Balaban J connectivity index is 1.37. The minimum Gasteiger partial charge on any atom is -0.455 e. The van der Waals surface area contributed by atoms with E-state index in [0.717, 1.165) is 0 Å². The van der Waals surface area contributed by atoms with E-state index in [2.05, 4.69) is 20.8 Å². The number of nitrogens with one attached hydrogen (secondary N) is 1. The van der Waals surface area contributed by atoms with Crippen LogP contribution in [0.2, 0.25) is 0 Å². The smallest absolute Gasteiger partial charge is 0.338 e. The predicted octanol–water partition coefficient (Wildman–Crippen LogP) is 3.25. The van der Waals surface area contributed by atoms with Gasteiger partial charge in [-0.3, -0.25) is 4.79 Å². The average molecular weight is 415 g/mol. The van der Waals surface area contributed by atoms with Crippen molar-refractivity contribution in [1.82, 2.24) is 20.2 Å². The van der Waals surface area contributed by atoms with E-state index in [4.69, 9.17) is 9.47 Å². The van der Waals surface area contributed by atoms with E-state index < -0.39 is 18.5 Å². The fourth-order valence-electron chi connectivity index (χ4n) is 2.73. The minimum atomic E-state index is -0.640. The first-order valence-electron chi connectivity index (χ1n) is 9.31. The monoisotopic (exact) mass is 415 g/mol. The Labute approximate surface area is 177 Å². The van der Waals surface area contributed by atoms with Gasteiger partial charge in [0.05, 0.1) is 16.9 Å². The highest BCUT2D eigenvalue weighted by molar-refractivity contribution is 5.96. The van der Waals surface area contributed by atoms with Gasteiger partial charge in [0.2, 0.25) is 0 Å². The molecule has 1 aromatic heterocycles. The van der Waals surface area contributed by atoms with Gasteiger partial charge in [0.15, 0.2) is 12.4 Å². The lowest BCUT2D eigenvalue weighted by molar-refractivity contribution is -0.119. The third-order valence-electron chi connectivity index (χ3n) is 4.16. The number of carbonyl (C=O) groups is 2. The summed E-state index contributed by atoms with van der Waals surface area (Å²) in [4.78, 5) is 24.7. The van der Waals surface area contributed by atoms with E-state index in [0.29, 0.717) is 22.9 Å². The molecule has 0 saturated carbocycles. The summed E-state index contributed by atoms with van der Waals surface area (Å²) >= 11 is 0. The number of benzene rings is 3. The minimum absolute atomic E-state index is 0.272. The Bertz CT molecular complexity index is 1180. The zero-order valence-corrected chi connectivity index (χ0v) is 16.2. The third kappa shape index (κ3) is 5.10. The molecule has 0 radical (unpaired) electrons. The summed E-state index contributed by atoms with van der Waals surface area (Å²) < 4.78 is 12.4. The van der Waals surface area contributed by atoms with Gasteiger partial charge in [0.25, 0.3) is 5.91 Å². The molecule has 0 unspecified atom stereocenters. The van der Waals surface area contributed by atoms with Crippen molar-refractivity contribution in [2.45, 2.75) is 0 Å². The van der Waals surface area contributed by atoms with Crippen molar-refractivity contribution in [2.24, 2.45) is 0 Å². The molecule has 0 bridgehead atoms. The Hall–Kier alpha value is -4.53. The van der Waals surface area contributed by atoms with E-state index in [1.54, 1.807) is 48.5 Å². The largest absolute Gasteiger partial charge is 0.455 e. The second kappa shape index (κ2) is 9.31. The zero-order chi connectivity index (χ0) is 21.5. The van der Waals surface area contributed by atoms with Crippen LogP contribution in [0.3, 0.4) is 0 Å². The van der Waals surface area contributed by atoms with Gasteiger partial charge in [-0.15, -0.1) is 5.10 Å². The Morgan fingerprint density at radius 1 is 0.935 bits per heavy atom. The van der Waals surface area contributed by atoms with Crippen molar-refractivity contribution in [3.05, 3.63) is 90.8 Å². The Kier molecular flexibility index (Phi) is 5.94. The van der Waals surface area contributed by atoms with Crippen molar-refractivity contribution >= 4 is 17.6 Å². The van der Waals surface area contributed by atoms with Crippen LogP contribution in [0.15, 0.2) is 85.2 Å². The van der Waals surface area contributed by atoms with Gasteiger partial charge in [-0.05, 0) is 52.9 Å². The van der Waals surface area contributed by atoms with E-state index in [1.807, 2.05) is 30.3 Å². The summed E-state index contributed by atoms with van der Waals surface area (Å²) in [5, 5.41) is 13.6. The summed E-state index contributed by atoms with van der Waals surface area (Å²) in [6.45, 7) is -0.451. The molecular formula is C22H17N5O4. The Morgan fingerprint density at radius 3 is 2.55 bits per heavy atom. The van der Waals surface area contributed by atoms with Crippen LogP contribution in [-0.4, -0.2) is 38.7 Å². The van der Waals surface area contributed by atoms with Crippen molar-refractivity contribution in [3.8, 4) is 17.2 Å². The zero-order valence-electron chi connectivity index (χ0n) is 16.2. The number of rotatable bonds is 7. The molecule has 0 aliphatic rings. The highest BCUT2D eigenvalue weighted by atomic mass is 16.5.